The van der Waals surface area contributed by atoms with Crippen molar-refractivity contribution < 1.29 is 9.53 Å². The van der Waals surface area contributed by atoms with Gasteiger partial charge in [0.05, 0.1) is 23.3 Å². The molecule has 2 heterocycles. The lowest BCUT2D eigenvalue weighted by Crippen LogP contribution is -2.49. The molecular formula is C17H21N3O3. The molecule has 1 amide bonds. The van der Waals surface area contributed by atoms with Crippen LogP contribution >= 0.6 is 0 Å². The Balaban J connectivity index is 1.88. The van der Waals surface area contributed by atoms with E-state index in [2.05, 4.69) is 5.10 Å². The Morgan fingerprint density at radius 1 is 1.22 bits per heavy atom. The van der Waals surface area contributed by atoms with Crippen LogP contribution in [0.15, 0.2) is 29.1 Å². The first-order valence-electron chi connectivity index (χ1n) is 7.85. The Morgan fingerprint density at radius 3 is 2.48 bits per heavy atom. The van der Waals surface area contributed by atoms with E-state index in [-0.39, 0.29) is 30.2 Å². The average molecular weight is 315 g/mol. The lowest BCUT2D eigenvalue weighted by molar-refractivity contribution is -0.144. The molecule has 6 nitrogen and oxygen atoms in total. The second-order valence-electron chi connectivity index (χ2n) is 6.15. The fourth-order valence-corrected chi connectivity index (χ4v) is 3.12. The third kappa shape index (κ3) is 3.12. The molecule has 0 N–H and O–H groups in total. The van der Waals surface area contributed by atoms with Gasteiger partial charge in [-0.25, -0.2) is 4.68 Å². The number of nitrogens with zero attached hydrogens (tertiary/aromatic N) is 3. The van der Waals surface area contributed by atoms with Gasteiger partial charge < -0.3 is 9.64 Å². The minimum Gasteiger partial charge on any atom is -0.372 e. The molecule has 1 aromatic carbocycles. The third-order valence-corrected chi connectivity index (χ3v) is 4.11. The van der Waals surface area contributed by atoms with E-state index >= 15 is 0 Å². The SMILES string of the molecule is Cc1nn(CC(=O)N2C[C@H](C)O[C@@H](C)C2)c(=O)c2ccccc12. The molecule has 0 radical (unpaired) electrons. The van der Waals surface area contributed by atoms with Gasteiger partial charge in [-0.2, -0.15) is 5.10 Å². The van der Waals surface area contributed by atoms with Gasteiger partial charge in [0.2, 0.25) is 5.91 Å². The van der Waals surface area contributed by atoms with Gasteiger partial charge in [0, 0.05) is 18.5 Å². The lowest BCUT2D eigenvalue weighted by atomic mass is 10.1. The van der Waals surface area contributed by atoms with Gasteiger partial charge in [-0.1, -0.05) is 18.2 Å². The summed E-state index contributed by atoms with van der Waals surface area (Å²) in [7, 11) is 0. The highest BCUT2D eigenvalue weighted by Gasteiger charge is 2.26. The van der Waals surface area contributed by atoms with Crippen molar-refractivity contribution in [1.29, 1.82) is 0 Å². The van der Waals surface area contributed by atoms with E-state index in [0.29, 0.717) is 18.5 Å². The first kappa shape index (κ1) is 15.7. The van der Waals surface area contributed by atoms with Crippen LogP contribution in [0.3, 0.4) is 0 Å². The van der Waals surface area contributed by atoms with Crippen LogP contribution in [0, 0.1) is 6.92 Å². The number of fused-ring (bicyclic) bond motifs is 1. The molecule has 0 unspecified atom stereocenters. The van der Waals surface area contributed by atoms with Gasteiger partial charge in [0.25, 0.3) is 5.56 Å². The highest BCUT2D eigenvalue weighted by atomic mass is 16.5. The molecule has 0 aliphatic carbocycles. The summed E-state index contributed by atoms with van der Waals surface area (Å²) in [5.41, 5.74) is 0.519. The topological polar surface area (TPSA) is 64.4 Å². The molecule has 1 aromatic heterocycles. The molecule has 1 aliphatic rings. The highest BCUT2D eigenvalue weighted by molar-refractivity contribution is 5.83. The largest absolute Gasteiger partial charge is 0.372 e. The Labute approximate surface area is 134 Å². The number of hydrogen-bond acceptors (Lipinski definition) is 4. The van der Waals surface area contributed by atoms with E-state index in [1.165, 1.54) is 4.68 Å². The number of ether oxygens (including phenoxy) is 1. The predicted octanol–water partition coefficient (Wildman–Crippen LogP) is 1.34. The van der Waals surface area contributed by atoms with Gasteiger partial charge in [0.1, 0.15) is 6.54 Å². The average Bonchev–Trinajstić information content (AvgIpc) is 2.51. The number of aryl methyl sites for hydroxylation is 1. The van der Waals surface area contributed by atoms with Crippen molar-refractivity contribution in [3.8, 4) is 0 Å². The second-order valence-corrected chi connectivity index (χ2v) is 6.15. The minimum absolute atomic E-state index is 0.00530. The number of benzene rings is 1. The number of carbonyl (C=O) groups excluding carboxylic acids is 1. The molecule has 1 saturated heterocycles. The van der Waals surface area contributed by atoms with Crippen molar-refractivity contribution in [1.82, 2.24) is 14.7 Å². The van der Waals surface area contributed by atoms with E-state index in [0.717, 1.165) is 11.1 Å². The smallest absolute Gasteiger partial charge is 0.275 e. The summed E-state index contributed by atoms with van der Waals surface area (Å²) >= 11 is 0. The van der Waals surface area contributed by atoms with E-state index in [1.54, 1.807) is 11.0 Å². The van der Waals surface area contributed by atoms with Crippen LogP contribution in [0.25, 0.3) is 10.8 Å². The van der Waals surface area contributed by atoms with Crippen molar-refractivity contribution in [2.45, 2.75) is 39.5 Å². The molecular weight excluding hydrogens is 294 g/mol. The van der Waals surface area contributed by atoms with Gasteiger partial charge in [-0.05, 0) is 26.8 Å². The molecule has 2 aromatic rings. The predicted molar refractivity (Wildman–Crippen MR) is 87.3 cm³/mol. The number of rotatable bonds is 2. The van der Waals surface area contributed by atoms with Gasteiger partial charge >= 0.3 is 0 Å². The van der Waals surface area contributed by atoms with Crippen molar-refractivity contribution in [3.63, 3.8) is 0 Å². The molecule has 0 spiro atoms. The maximum atomic E-state index is 12.5. The molecule has 1 fully saturated rings. The van der Waals surface area contributed by atoms with Crippen LogP contribution in [0.4, 0.5) is 0 Å². The number of aromatic nitrogens is 2. The molecule has 122 valence electrons. The molecule has 0 saturated carbocycles. The van der Waals surface area contributed by atoms with E-state index < -0.39 is 0 Å². The Kier molecular flexibility index (Phi) is 4.17. The summed E-state index contributed by atoms with van der Waals surface area (Å²) in [6, 6.07) is 7.34. The van der Waals surface area contributed by atoms with Crippen molar-refractivity contribution in [2.75, 3.05) is 13.1 Å². The molecule has 23 heavy (non-hydrogen) atoms. The fourth-order valence-electron chi connectivity index (χ4n) is 3.12. The Morgan fingerprint density at radius 2 is 1.83 bits per heavy atom. The maximum Gasteiger partial charge on any atom is 0.275 e. The van der Waals surface area contributed by atoms with Crippen molar-refractivity contribution in [2.24, 2.45) is 0 Å². The maximum absolute atomic E-state index is 12.5. The van der Waals surface area contributed by atoms with Crippen LogP contribution in [0.5, 0.6) is 0 Å². The van der Waals surface area contributed by atoms with E-state index in [1.807, 2.05) is 39.0 Å². The number of carbonyl (C=O) groups is 1. The van der Waals surface area contributed by atoms with E-state index in [4.69, 9.17) is 4.74 Å². The van der Waals surface area contributed by atoms with Crippen LogP contribution in [0.1, 0.15) is 19.5 Å². The second kappa shape index (κ2) is 6.12. The summed E-state index contributed by atoms with van der Waals surface area (Å²) in [6.07, 6.45) is 0.0106. The van der Waals surface area contributed by atoms with E-state index in [9.17, 15) is 9.59 Å². The summed E-state index contributed by atoms with van der Waals surface area (Å²) < 4.78 is 6.91. The standard InChI is InChI=1S/C17H21N3O3/c1-11-8-19(9-12(2)23-11)16(21)10-20-17(22)15-7-5-4-6-14(15)13(3)18-20/h4-7,11-12H,8-10H2,1-3H3/t11-,12-/m0/s1. The summed E-state index contributed by atoms with van der Waals surface area (Å²) in [4.78, 5) is 26.8. The van der Waals surface area contributed by atoms with Crippen LogP contribution in [-0.2, 0) is 16.1 Å². The summed E-state index contributed by atoms with van der Waals surface area (Å²) in [6.45, 7) is 6.79. The zero-order valence-corrected chi connectivity index (χ0v) is 13.7. The van der Waals surface area contributed by atoms with Gasteiger partial charge in [-0.3, -0.25) is 9.59 Å². The fraction of sp³-hybridized carbons (Fsp3) is 0.471. The van der Waals surface area contributed by atoms with Gasteiger partial charge in [-0.15, -0.1) is 0 Å². The normalized spacial score (nSPS) is 21.6. The monoisotopic (exact) mass is 315 g/mol. The van der Waals surface area contributed by atoms with Gasteiger partial charge in [0.15, 0.2) is 0 Å². The number of morpholine rings is 1. The summed E-state index contributed by atoms with van der Waals surface area (Å²) in [5, 5.41) is 5.72. The Bertz CT molecular complexity index is 789. The van der Waals surface area contributed by atoms with Crippen LogP contribution in [0.2, 0.25) is 0 Å². The lowest BCUT2D eigenvalue weighted by Gasteiger charge is -2.35. The molecule has 1 aliphatic heterocycles. The zero-order valence-electron chi connectivity index (χ0n) is 13.7. The molecule has 2 atom stereocenters. The highest BCUT2D eigenvalue weighted by Crippen LogP contribution is 2.13. The van der Waals surface area contributed by atoms with Crippen molar-refractivity contribution >= 4 is 16.7 Å². The Hall–Kier alpha value is -2.21. The minimum atomic E-state index is -0.228. The van der Waals surface area contributed by atoms with Crippen LogP contribution in [-0.4, -0.2) is 45.9 Å². The quantitative estimate of drug-likeness (QED) is 0.839. The molecule has 6 heteroatoms. The first-order chi connectivity index (χ1) is 11.0. The number of amides is 1. The first-order valence-corrected chi connectivity index (χ1v) is 7.85. The molecule has 0 bridgehead atoms. The third-order valence-electron chi connectivity index (χ3n) is 4.11. The number of hydrogen-bond donors (Lipinski definition) is 0. The summed E-state index contributed by atoms with van der Waals surface area (Å²) in [5.74, 6) is -0.101. The zero-order chi connectivity index (χ0) is 16.6. The van der Waals surface area contributed by atoms with Crippen LogP contribution < -0.4 is 5.56 Å². The molecule has 3 rings (SSSR count). The van der Waals surface area contributed by atoms with Crippen molar-refractivity contribution in [3.05, 3.63) is 40.3 Å².